The zero-order chi connectivity index (χ0) is 14.7. The second kappa shape index (κ2) is 6.27. The van der Waals surface area contributed by atoms with E-state index in [-0.39, 0.29) is 5.91 Å². The van der Waals surface area contributed by atoms with Crippen molar-refractivity contribution >= 4 is 5.91 Å². The first-order valence-electron chi connectivity index (χ1n) is 7.13. The van der Waals surface area contributed by atoms with Gasteiger partial charge in [-0.3, -0.25) is 4.79 Å². The first-order valence-corrected chi connectivity index (χ1v) is 7.13. The van der Waals surface area contributed by atoms with Crippen molar-refractivity contribution in [2.75, 3.05) is 34.3 Å². The molecule has 0 radical (unpaired) electrons. The molecule has 1 saturated heterocycles. The van der Waals surface area contributed by atoms with E-state index in [1.165, 1.54) is 0 Å². The molecule has 1 aliphatic heterocycles. The van der Waals surface area contributed by atoms with Crippen molar-refractivity contribution in [1.82, 2.24) is 9.80 Å². The van der Waals surface area contributed by atoms with Crippen molar-refractivity contribution in [3.63, 3.8) is 0 Å². The van der Waals surface area contributed by atoms with Gasteiger partial charge in [-0.2, -0.15) is 0 Å². The van der Waals surface area contributed by atoms with E-state index in [1.807, 2.05) is 30.0 Å². The Morgan fingerprint density at radius 2 is 1.95 bits per heavy atom. The summed E-state index contributed by atoms with van der Waals surface area (Å²) in [5.41, 5.74) is 1.77. The van der Waals surface area contributed by atoms with E-state index >= 15 is 0 Å². The molecule has 0 bridgehead atoms. The summed E-state index contributed by atoms with van der Waals surface area (Å²) < 4.78 is 5.34. The molecule has 20 heavy (non-hydrogen) atoms. The minimum atomic E-state index is 0.0825. The number of carbonyl (C=O) groups excluding carboxylic acids is 1. The number of hydrogen-bond donors (Lipinski definition) is 0. The molecule has 1 aromatic carbocycles. The molecular formula is C16H24N2O2. The number of likely N-dealkylation sites (tertiary alicyclic amines) is 1. The quantitative estimate of drug-likeness (QED) is 0.848. The maximum atomic E-state index is 12.6. The second-order valence-electron chi connectivity index (χ2n) is 5.69. The zero-order valence-corrected chi connectivity index (χ0v) is 12.8. The lowest BCUT2D eigenvalue weighted by atomic mass is 10.0. The minimum absolute atomic E-state index is 0.0825. The van der Waals surface area contributed by atoms with Gasteiger partial charge in [-0.05, 0) is 51.6 Å². The van der Waals surface area contributed by atoms with E-state index in [2.05, 4.69) is 19.0 Å². The lowest BCUT2D eigenvalue weighted by Gasteiger charge is -2.35. The Labute approximate surface area is 121 Å². The van der Waals surface area contributed by atoms with Gasteiger partial charge >= 0.3 is 0 Å². The first kappa shape index (κ1) is 14.9. The fourth-order valence-electron chi connectivity index (χ4n) is 2.73. The Balaban J connectivity index is 2.09. The highest BCUT2D eigenvalue weighted by atomic mass is 16.5. The molecule has 0 saturated carbocycles. The minimum Gasteiger partial charge on any atom is -0.496 e. The summed E-state index contributed by atoms with van der Waals surface area (Å²) in [4.78, 5) is 16.8. The van der Waals surface area contributed by atoms with Gasteiger partial charge in [0.1, 0.15) is 5.75 Å². The van der Waals surface area contributed by atoms with E-state index in [4.69, 9.17) is 4.74 Å². The fraction of sp³-hybridized carbons (Fsp3) is 0.562. The van der Waals surface area contributed by atoms with Crippen molar-refractivity contribution in [2.24, 2.45) is 0 Å². The molecule has 0 atom stereocenters. The fourth-order valence-corrected chi connectivity index (χ4v) is 2.73. The molecular weight excluding hydrogens is 252 g/mol. The Hall–Kier alpha value is -1.55. The average Bonchev–Trinajstić information content (AvgIpc) is 2.46. The summed E-state index contributed by atoms with van der Waals surface area (Å²) in [5, 5.41) is 0. The number of methoxy groups -OCH3 is 1. The number of hydrogen-bond acceptors (Lipinski definition) is 3. The SMILES string of the molecule is COc1cc(C)ccc1C(=O)N1CCC(N(C)C)CC1. The Morgan fingerprint density at radius 3 is 2.50 bits per heavy atom. The molecule has 1 aliphatic rings. The van der Waals surface area contributed by atoms with Crippen LogP contribution >= 0.6 is 0 Å². The standard InChI is InChI=1S/C16H24N2O2/c1-12-5-6-14(15(11-12)20-4)16(19)18-9-7-13(8-10-18)17(2)3/h5-6,11,13H,7-10H2,1-4H3. The second-order valence-corrected chi connectivity index (χ2v) is 5.69. The molecule has 4 nitrogen and oxygen atoms in total. The molecule has 4 heteroatoms. The number of nitrogens with zero attached hydrogens (tertiary/aromatic N) is 2. The zero-order valence-electron chi connectivity index (χ0n) is 12.8. The highest BCUT2D eigenvalue weighted by Crippen LogP contribution is 2.23. The smallest absolute Gasteiger partial charge is 0.257 e. The van der Waals surface area contributed by atoms with Crippen LogP contribution in [-0.2, 0) is 0 Å². The number of benzene rings is 1. The van der Waals surface area contributed by atoms with Crippen LogP contribution in [0, 0.1) is 6.92 Å². The largest absolute Gasteiger partial charge is 0.496 e. The highest BCUT2D eigenvalue weighted by Gasteiger charge is 2.26. The van der Waals surface area contributed by atoms with Crippen LogP contribution in [0.25, 0.3) is 0 Å². The Kier molecular flexibility index (Phi) is 4.65. The van der Waals surface area contributed by atoms with Gasteiger partial charge < -0.3 is 14.5 Å². The summed E-state index contributed by atoms with van der Waals surface area (Å²) in [6.45, 7) is 3.64. The van der Waals surface area contributed by atoms with Gasteiger partial charge in [-0.15, -0.1) is 0 Å². The van der Waals surface area contributed by atoms with Crippen LogP contribution in [0.3, 0.4) is 0 Å². The van der Waals surface area contributed by atoms with E-state index in [0.717, 1.165) is 31.5 Å². The van der Waals surface area contributed by atoms with Crippen LogP contribution in [0.4, 0.5) is 0 Å². The van der Waals surface area contributed by atoms with Crippen molar-refractivity contribution in [3.8, 4) is 5.75 Å². The van der Waals surface area contributed by atoms with Gasteiger partial charge in [0.25, 0.3) is 5.91 Å². The number of carbonyl (C=O) groups is 1. The maximum absolute atomic E-state index is 12.6. The highest BCUT2D eigenvalue weighted by molar-refractivity contribution is 5.97. The summed E-state index contributed by atoms with van der Waals surface area (Å²) in [7, 11) is 5.82. The first-order chi connectivity index (χ1) is 9.52. The lowest BCUT2D eigenvalue weighted by molar-refractivity contribution is 0.0660. The van der Waals surface area contributed by atoms with Crippen molar-refractivity contribution in [3.05, 3.63) is 29.3 Å². The third-order valence-corrected chi connectivity index (χ3v) is 4.07. The predicted octanol–water partition coefficient (Wildman–Crippen LogP) is 2.17. The van der Waals surface area contributed by atoms with Crippen molar-refractivity contribution in [2.45, 2.75) is 25.8 Å². The van der Waals surface area contributed by atoms with Crippen molar-refractivity contribution in [1.29, 1.82) is 0 Å². The molecule has 0 aromatic heterocycles. The van der Waals surface area contributed by atoms with E-state index in [9.17, 15) is 4.79 Å². The number of piperidine rings is 1. The lowest BCUT2D eigenvalue weighted by Crippen LogP contribution is -2.44. The van der Waals surface area contributed by atoms with Crippen molar-refractivity contribution < 1.29 is 9.53 Å². The molecule has 0 aliphatic carbocycles. The molecule has 0 unspecified atom stereocenters. The molecule has 1 heterocycles. The monoisotopic (exact) mass is 276 g/mol. The van der Waals surface area contributed by atoms with Crippen LogP contribution in [0.15, 0.2) is 18.2 Å². The summed E-state index contributed by atoms with van der Waals surface area (Å²) >= 11 is 0. The number of rotatable bonds is 3. The van der Waals surface area contributed by atoms with Gasteiger partial charge in [0.2, 0.25) is 0 Å². The number of aryl methyl sites for hydroxylation is 1. The maximum Gasteiger partial charge on any atom is 0.257 e. The normalized spacial score (nSPS) is 16.6. The van der Waals surface area contributed by atoms with Crippen LogP contribution in [0.2, 0.25) is 0 Å². The van der Waals surface area contributed by atoms with Gasteiger partial charge in [-0.1, -0.05) is 6.07 Å². The number of amides is 1. The van der Waals surface area contributed by atoms with Gasteiger partial charge in [0.05, 0.1) is 12.7 Å². The Morgan fingerprint density at radius 1 is 1.30 bits per heavy atom. The van der Waals surface area contributed by atoms with E-state index in [1.54, 1.807) is 7.11 Å². The molecule has 2 rings (SSSR count). The molecule has 0 N–H and O–H groups in total. The molecule has 0 spiro atoms. The van der Waals surface area contributed by atoms with Crippen LogP contribution in [0.5, 0.6) is 5.75 Å². The van der Waals surface area contributed by atoms with Crippen LogP contribution in [-0.4, -0.2) is 56.0 Å². The summed E-state index contributed by atoms with van der Waals surface area (Å²) in [6.07, 6.45) is 2.07. The van der Waals surface area contributed by atoms with Crippen LogP contribution < -0.4 is 4.74 Å². The molecule has 1 amide bonds. The summed E-state index contributed by atoms with van der Waals surface area (Å²) in [5.74, 6) is 0.754. The summed E-state index contributed by atoms with van der Waals surface area (Å²) in [6, 6.07) is 6.33. The predicted molar refractivity (Wildman–Crippen MR) is 80.3 cm³/mol. The number of ether oxygens (including phenoxy) is 1. The molecule has 1 aromatic rings. The van der Waals surface area contributed by atoms with Gasteiger partial charge in [-0.25, -0.2) is 0 Å². The van der Waals surface area contributed by atoms with Gasteiger partial charge in [0.15, 0.2) is 0 Å². The third kappa shape index (κ3) is 3.12. The topological polar surface area (TPSA) is 32.8 Å². The van der Waals surface area contributed by atoms with Gasteiger partial charge in [0, 0.05) is 19.1 Å². The Bertz CT molecular complexity index is 477. The average molecular weight is 276 g/mol. The van der Waals surface area contributed by atoms with E-state index < -0.39 is 0 Å². The molecule has 1 fully saturated rings. The van der Waals surface area contributed by atoms with Crippen LogP contribution in [0.1, 0.15) is 28.8 Å². The van der Waals surface area contributed by atoms with E-state index in [0.29, 0.717) is 17.4 Å². The third-order valence-electron chi connectivity index (χ3n) is 4.07. The molecule has 110 valence electrons.